The molecule has 10 aliphatic rings. The Hall–Kier alpha value is -3.78. The Kier molecular flexibility index (Phi) is 5.20. The van der Waals surface area contributed by atoms with Gasteiger partial charge >= 0.3 is 0 Å². The maximum absolute atomic E-state index is 15.5. The number of para-hydroxylation sites is 2. The molecule has 12 rings (SSSR count). The summed E-state index contributed by atoms with van der Waals surface area (Å²) in [6.07, 6.45) is 15.0. The minimum atomic E-state index is -0.222. The molecule has 0 unspecified atom stereocenters. The van der Waals surface area contributed by atoms with Crippen LogP contribution >= 0.6 is 0 Å². The third-order valence-corrected chi connectivity index (χ3v) is 15.7. The van der Waals surface area contributed by atoms with Crippen LogP contribution in [0.3, 0.4) is 0 Å². The molecule has 49 heavy (non-hydrogen) atoms. The number of rotatable bonds is 2. The highest BCUT2D eigenvalue weighted by molar-refractivity contribution is 6.10. The fraction of sp³-hybridized carbons (Fsp3) is 0.476. The van der Waals surface area contributed by atoms with E-state index in [1.54, 1.807) is 0 Å². The number of anilines is 2. The van der Waals surface area contributed by atoms with Gasteiger partial charge in [0.25, 0.3) is 11.8 Å². The number of amides is 2. The second-order valence-electron chi connectivity index (χ2n) is 16.7. The van der Waals surface area contributed by atoms with E-state index in [-0.39, 0.29) is 65.3 Å². The first-order valence-electron chi connectivity index (χ1n) is 18.7. The highest BCUT2D eigenvalue weighted by Crippen LogP contribution is 2.68. The summed E-state index contributed by atoms with van der Waals surface area (Å²) in [5.74, 6) is 1.49. The number of aliphatic hydroxyl groups excluding tert-OH is 1. The fourth-order valence-electron chi connectivity index (χ4n) is 14.2. The average Bonchev–Trinajstić information content (AvgIpc) is 3.86. The number of aliphatic hydroxyl groups is 1. The molecule has 2 aromatic carbocycles. The molecular formula is C42H42N4O3. The van der Waals surface area contributed by atoms with Crippen molar-refractivity contribution in [3.8, 4) is 0 Å². The van der Waals surface area contributed by atoms with E-state index in [1.807, 2.05) is 6.08 Å². The van der Waals surface area contributed by atoms with Crippen molar-refractivity contribution in [1.82, 2.24) is 9.80 Å². The molecule has 2 aliphatic carbocycles. The van der Waals surface area contributed by atoms with Crippen molar-refractivity contribution >= 4 is 23.2 Å². The molecule has 6 fully saturated rings. The zero-order valence-corrected chi connectivity index (χ0v) is 27.9. The molecule has 0 aromatic heterocycles. The van der Waals surface area contributed by atoms with E-state index in [9.17, 15) is 9.90 Å². The number of hydrogen-bond acceptors (Lipinski definition) is 5. The summed E-state index contributed by atoms with van der Waals surface area (Å²) in [5, 5.41) is 10.2. The Morgan fingerprint density at radius 2 is 1.57 bits per heavy atom. The van der Waals surface area contributed by atoms with Crippen molar-refractivity contribution in [3.63, 3.8) is 0 Å². The van der Waals surface area contributed by atoms with Gasteiger partial charge in [0.15, 0.2) is 0 Å². The number of benzene rings is 2. The van der Waals surface area contributed by atoms with Crippen molar-refractivity contribution in [2.45, 2.75) is 73.6 Å². The number of allylic oxidation sites excluding steroid dienone is 1. The van der Waals surface area contributed by atoms with Gasteiger partial charge < -0.3 is 14.9 Å². The first-order chi connectivity index (χ1) is 24.0. The lowest BCUT2D eigenvalue weighted by molar-refractivity contribution is -0.118. The first-order valence-corrected chi connectivity index (χ1v) is 18.7. The molecule has 11 atom stereocenters. The summed E-state index contributed by atoms with van der Waals surface area (Å²) in [4.78, 5) is 39.0. The van der Waals surface area contributed by atoms with Crippen LogP contribution in [-0.2, 0) is 20.4 Å². The average molecular weight is 651 g/mol. The van der Waals surface area contributed by atoms with Gasteiger partial charge in [0.1, 0.15) is 0 Å². The largest absolute Gasteiger partial charge is 0.392 e. The van der Waals surface area contributed by atoms with E-state index in [0.29, 0.717) is 17.9 Å². The maximum Gasteiger partial charge on any atom is 0.255 e. The van der Waals surface area contributed by atoms with Crippen LogP contribution in [0.15, 0.2) is 95.6 Å². The Morgan fingerprint density at radius 3 is 2.37 bits per heavy atom. The van der Waals surface area contributed by atoms with Crippen LogP contribution in [0.2, 0.25) is 0 Å². The third kappa shape index (κ3) is 2.96. The summed E-state index contributed by atoms with van der Waals surface area (Å²) in [6, 6.07) is 18.3. The highest BCUT2D eigenvalue weighted by atomic mass is 16.2. The molecule has 2 spiro atoms. The van der Waals surface area contributed by atoms with Gasteiger partial charge in [-0.15, -0.1) is 0 Å². The Morgan fingerprint density at radius 1 is 0.857 bits per heavy atom. The SMILES string of the molecule is CC=C1CN2[C@@H](C3=C[C@@H]4[C@@H]5N(C3=O)c3ccccc3[C@@]53CCN5CC(=CCO)[C@@H]4C[C@H]53)C[C@]34c5ccccc5N5C(=O)C=C[C@H]([C@H]53)[C@H]1C[C@H]24. The van der Waals surface area contributed by atoms with Crippen LogP contribution < -0.4 is 9.80 Å². The van der Waals surface area contributed by atoms with Crippen molar-refractivity contribution < 1.29 is 14.7 Å². The molecule has 2 saturated carbocycles. The Bertz CT molecular complexity index is 2030. The Labute approximate surface area is 287 Å². The predicted molar refractivity (Wildman–Crippen MR) is 187 cm³/mol. The minimum absolute atomic E-state index is 0.0301. The molecule has 4 bridgehead atoms. The van der Waals surface area contributed by atoms with Gasteiger partial charge in [-0.1, -0.05) is 71.8 Å². The quantitative estimate of drug-likeness (QED) is 0.486. The predicted octanol–water partition coefficient (Wildman–Crippen LogP) is 4.48. The molecule has 7 nitrogen and oxygen atoms in total. The third-order valence-electron chi connectivity index (χ3n) is 15.7. The summed E-state index contributed by atoms with van der Waals surface area (Å²) in [5.41, 5.74) is 8.39. The standard InChI is InChI=1S/C42H42N4O3/c1-2-23-22-44-34(20-42-31-8-4-5-9-32(31)45-37(48)12-11-25(38(42)45)26(23)19-36(42)44)29-17-28-27-18-35-41(14-15-43(35)21-24(27)13-16-47)30-7-3-6-10-33(30)46(39(28)41)40(29)49/h2-13,17,25-28,34-36,38-39,47H,14-16,18-22H2,1H3/t25-,26-,27-,28-,34+,35-,36-,38-,39-,41+,42+/m0/s1. The highest BCUT2D eigenvalue weighted by Gasteiger charge is 2.73. The summed E-state index contributed by atoms with van der Waals surface area (Å²) >= 11 is 0. The van der Waals surface area contributed by atoms with Crippen molar-refractivity contribution in [2.75, 3.05) is 36.0 Å². The van der Waals surface area contributed by atoms with Crippen LogP contribution in [0, 0.1) is 23.7 Å². The number of hydrogen-bond donors (Lipinski definition) is 1. The second kappa shape index (κ2) is 9.11. The zero-order chi connectivity index (χ0) is 32.6. The number of piperidine rings is 2. The maximum atomic E-state index is 15.5. The van der Waals surface area contributed by atoms with E-state index < -0.39 is 0 Å². The molecule has 8 heterocycles. The van der Waals surface area contributed by atoms with Gasteiger partial charge in [-0.2, -0.15) is 0 Å². The van der Waals surface area contributed by atoms with Crippen molar-refractivity contribution in [3.05, 3.63) is 107 Å². The van der Waals surface area contributed by atoms with E-state index in [1.165, 1.54) is 22.3 Å². The van der Waals surface area contributed by atoms with Crippen LogP contribution in [-0.4, -0.2) is 83.2 Å². The first kappa shape index (κ1) is 28.0. The monoisotopic (exact) mass is 650 g/mol. The number of carbonyl (C=O) groups excluding carboxylic acids is 2. The lowest BCUT2D eigenvalue weighted by Crippen LogP contribution is -2.66. The molecule has 4 saturated heterocycles. The van der Waals surface area contributed by atoms with Crippen molar-refractivity contribution in [1.29, 1.82) is 0 Å². The van der Waals surface area contributed by atoms with Gasteiger partial charge in [-0.05, 0) is 80.3 Å². The molecule has 248 valence electrons. The molecular weight excluding hydrogens is 608 g/mol. The lowest BCUT2D eigenvalue weighted by atomic mass is 9.54. The van der Waals surface area contributed by atoms with Crippen LogP contribution in [0.5, 0.6) is 0 Å². The topological polar surface area (TPSA) is 67.3 Å². The number of fused-ring (bicyclic) bond motifs is 8. The smallest absolute Gasteiger partial charge is 0.255 e. The van der Waals surface area contributed by atoms with Gasteiger partial charge in [0.05, 0.1) is 18.7 Å². The normalized spacial score (nSPS) is 44.8. The summed E-state index contributed by atoms with van der Waals surface area (Å²) in [6.45, 7) is 5.08. The molecule has 8 aliphatic heterocycles. The molecule has 2 aromatic rings. The number of carbonyl (C=O) groups is 2. The van der Waals surface area contributed by atoms with Crippen LogP contribution in [0.4, 0.5) is 11.4 Å². The van der Waals surface area contributed by atoms with Gasteiger partial charge in [0, 0.05) is 70.8 Å². The summed E-state index contributed by atoms with van der Waals surface area (Å²) in [7, 11) is 0. The van der Waals surface area contributed by atoms with Gasteiger partial charge in [0.2, 0.25) is 0 Å². The second-order valence-corrected chi connectivity index (χ2v) is 16.7. The van der Waals surface area contributed by atoms with E-state index >= 15 is 4.79 Å². The zero-order valence-electron chi connectivity index (χ0n) is 27.9. The van der Waals surface area contributed by atoms with Gasteiger partial charge in [-0.25, -0.2) is 0 Å². The molecule has 0 radical (unpaired) electrons. The fourth-order valence-corrected chi connectivity index (χ4v) is 14.2. The molecule has 2 amide bonds. The lowest BCUT2D eigenvalue weighted by Gasteiger charge is -2.57. The van der Waals surface area contributed by atoms with Crippen LogP contribution in [0.25, 0.3) is 0 Å². The van der Waals surface area contributed by atoms with Gasteiger partial charge in [-0.3, -0.25) is 19.4 Å². The van der Waals surface area contributed by atoms with E-state index in [2.05, 4.69) is 99.4 Å². The molecule has 7 heteroatoms. The van der Waals surface area contributed by atoms with Crippen molar-refractivity contribution in [2.24, 2.45) is 23.7 Å². The van der Waals surface area contributed by atoms with E-state index in [4.69, 9.17) is 0 Å². The van der Waals surface area contributed by atoms with E-state index in [0.717, 1.165) is 62.3 Å². The summed E-state index contributed by atoms with van der Waals surface area (Å²) < 4.78 is 0. The van der Waals surface area contributed by atoms with Crippen LogP contribution in [0.1, 0.15) is 43.7 Å². The number of nitrogens with zero attached hydrogens (tertiary/aromatic N) is 4. The minimum Gasteiger partial charge on any atom is -0.392 e. The Balaban J connectivity index is 1.07. The molecule has 1 N–H and O–H groups in total.